The van der Waals surface area contributed by atoms with Crippen LogP contribution in [0.4, 0.5) is 13.6 Å². The highest BCUT2D eigenvalue weighted by Gasteiger charge is 2.25. The third kappa shape index (κ3) is 5.06. The molecule has 23 heavy (non-hydrogen) atoms. The molecule has 1 aliphatic rings. The van der Waals surface area contributed by atoms with Crippen LogP contribution in [0.1, 0.15) is 25.3 Å². The average Bonchev–Trinajstić information content (AvgIpc) is 2.53. The molecule has 1 aliphatic heterocycles. The van der Waals surface area contributed by atoms with Crippen molar-refractivity contribution < 1.29 is 23.4 Å². The molecule has 0 aromatic heterocycles. The topological polar surface area (TPSA) is 61.8 Å². The number of nitrogens with zero attached hydrogens (tertiary/aromatic N) is 1. The molecule has 2 amide bonds. The second kappa shape index (κ2) is 8.10. The van der Waals surface area contributed by atoms with Crippen molar-refractivity contribution in [3.8, 4) is 5.75 Å². The van der Waals surface area contributed by atoms with E-state index < -0.39 is 6.61 Å². The number of carbonyl (C=O) groups excluding carboxylic acids is 1. The minimum Gasteiger partial charge on any atom is -0.434 e. The van der Waals surface area contributed by atoms with Gasteiger partial charge in [0.2, 0.25) is 0 Å². The number of benzene rings is 1. The highest BCUT2D eigenvalue weighted by molar-refractivity contribution is 5.74. The zero-order valence-corrected chi connectivity index (χ0v) is 13.0. The van der Waals surface area contributed by atoms with Crippen molar-refractivity contribution in [2.45, 2.75) is 39.0 Å². The first kappa shape index (κ1) is 17.5. The molecule has 1 aromatic carbocycles. The molecule has 1 saturated heterocycles. The molecule has 1 heterocycles. The van der Waals surface area contributed by atoms with Gasteiger partial charge in [0, 0.05) is 25.2 Å². The minimum absolute atomic E-state index is 0.0654. The molecule has 0 aliphatic carbocycles. The second-order valence-electron chi connectivity index (χ2n) is 5.71. The van der Waals surface area contributed by atoms with Crippen LogP contribution in [0, 0.1) is 5.92 Å². The van der Waals surface area contributed by atoms with E-state index in [1.807, 2.05) is 0 Å². The van der Waals surface area contributed by atoms with Gasteiger partial charge in [-0.1, -0.05) is 18.2 Å². The van der Waals surface area contributed by atoms with Gasteiger partial charge < -0.3 is 20.1 Å². The lowest BCUT2D eigenvalue weighted by Gasteiger charge is -2.33. The van der Waals surface area contributed by atoms with E-state index in [1.165, 1.54) is 6.07 Å². The van der Waals surface area contributed by atoms with E-state index in [2.05, 4.69) is 10.1 Å². The van der Waals surface area contributed by atoms with Crippen LogP contribution in [-0.4, -0.2) is 41.8 Å². The predicted octanol–water partition coefficient (Wildman–Crippen LogP) is 2.59. The van der Waals surface area contributed by atoms with E-state index in [1.54, 1.807) is 30.0 Å². The van der Waals surface area contributed by atoms with Crippen LogP contribution in [0.15, 0.2) is 24.3 Å². The maximum atomic E-state index is 12.4. The van der Waals surface area contributed by atoms with E-state index in [0.717, 1.165) is 12.8 Å². The summed E-state index contributed by atoms with van der Waals surface area (Å²) in [6, 6.07) is 6.15. The van der Waals surface area contributed by atoms with E-state index in [-0.39, 0.29) is 30.3 Å². The van der Waals surface area contributed by atoms with Crippen molar-refractivity contribution >= 4 is 6.03 Å². The van der Waals surface area contributed by atoms with E-state index in [4.69, 9.17) is 0 Å². The molecule has 0 spiro atoms. The molecule has 1 aromatic rings. The number of carbonyl (C=O) groups is 1. The van der Waals surface area contributed by atoms with Crippen LogP contribution in [0.5, 0.6) is 5.75 Å². The fourth-order valence-corrected chi connectivity index (χ4v) is 2.73. The summed E-state index contributed by atoms with van der Waals surface area (Å²) in [6.07, 6.45) is 1.16. The lowest BCUT2D eigenvalue weighted by Crippen LogP contribution is -2.45. The molecule has 2 N–H and O–H groups in total. The SMILES string of the molecule is CC(O)C1CCN(C(=O)NCc2ccccc2OC(F)F)CC1. The molecule has 1 unspecified atom stereocenters. The van der Waals surface area contributed by atoms with Crippen LogP contribution < -0.4 is 10.1 Å². The van der Waals surface area contributed by atoms with Gasteiger partial charge in [-0.3, -0.25) is 0 Å². The summed E-state index contributed by atoms with van der Waals surface area (Å²) in [5, 5.41) is 12.3. The Labute approximate surface area is 134 Å². The van der Waals surface area contributed by atoms with Crippen LogP contribution in [0.25, 0.3) is 0 Å². The van der Waals surface area contributed by atoms with E-state index >= 15 is 0 Å². The van der Waals surface area contributed by atoms with Crippen molar-refractivity contribution in [1.29, 1.82) is 0 Å². The van der Waals surface area contributed by atoms with Gasteiger partial charge in [-0.15, -0.1) is 0 Å². The number of hydrogen-bond acceptors (Lipinski definition) is 3. The van der Waals surface area contributed by atoms with Gasteiger partial charge >= 0.3 is 12.6 Å². The number of piperidine rings is 1. The highest BCUT2D eigenvalue weighted by Crippen LogP contribution is 2.22. The summed E-state index contributed by atoms with van der Waals surface area (Å²) in [7, 11) is 0. The normalized spacial score (nSPS) is 17.2. The second-order valence-corrected chi connectivity index (χ2v) is 5.71. The summed E-state index contributed by atoms with van der Waals surface area (Å²) in [4.78, 5) is 13.8. The molecule has 128 valence electrons. The summed E-state index contributed by atoms with van der Waals surface area (Å²) in [5.74, 6) is 0.287. The van der Waals surface area contributed by atoms with Gasteiger partial charge in [-0.05, 0) is 31.7 Å². The Morgan fingerprint density at radius 3 is 2.65 bits per heavy atom. The molecule has 1 atom stereocenters. The Morgan fingerprint density at radius 2 is 2.04 bits per heavy atom. The number of rotatable bonds is 5. The molecule has 5 nitrogen and oxygen atoms in total. The number of alkyl halides is 2. The number of ether oxygens (including phenoxy) is 1. The number of para-hydroxylation sites is 1. The summed E-state index contributed by atoms with van der Waals surface area (Å²) in [5.41, 5.74) is 0.500. The van der Waals surface area contributed by atoms with Crippen LogP contribution >= 0.6 is 0 Å². The van der Waals surface area contributed by atoms with E-state index in [0.29, 0.717) is 18.7 Å². The molecule has 0 saturated carbocycles. The van der Waals surface area contributed by atoms with Crippen molar-refractivity contribution in [3.05, 3.63) is 29.8 Å². The van der Waals surface area contributed by atoms with Gasteiger partial charge in [0.25, 0.3) is 0 Å². The highest BCUT2D eigenvalue weighted by atomic mass is 19.3. The first-order chi connectivity index (χ1) is 11.0. The lowest BCUT2D eigenvalue weighted by atomic mass is 9.92. The lowest BCUT2D eigenvalue weighted by molar-refractivity contribution is -0.0504. The van der Waals surface area contributed by atoms with Gasteiger partial charge in [-0.2, -0.15) is 8.78 Å². The Kier molecular flexibility index (Phi) is 6.15. The molecule has 0 bridgehead atoms. The Balaban J connectivity index is 1.86. The largest absolute Gasteiger partial charge is 0.434 e. The monoisotopic (exact) mass is 328 g/mol. The van der Waals surface area contributed by atoms with Gasteiger partial charge in [0.1, 0.15) is 5.75 Å². The fraction of sp³-hybridized carbons (Fsp3) is 0.562. The molecular weight excluding hydrogens is 306 g/mol. The first-order valence-corrected chi connectivity index (χ1v) is 7.71. The average molecular weight is 328 g/mol. The number of aliphatic hydroxyl groups excluding tert-OH is 1. The van der Waals surface area contributed by atoms with Crippen LogP contribution in [0.3, 0.4) is 0 Å². The number of amides is 2. The molecule has 1 fully saturated rings. The van der Waals surface area contributed by atoms with Crippen molar-refractivity contribution in [3.63, 3.8) is 0 Å². The smallest absolute Gasteiger partial charge is 0.387 e. The van der Waals surface area contributed by atoms with Gasteiger partial charge in [0.05, 0.1) is 6.10 Å². The maximum absolute atomic E-state index is 12.4. The number of nitrogens with one attached hydrogen (secondary N) is 1. The van der Waals surface area contributed by atoms with Crippen LogP contribution in [-0.2, 0) is 6.54 Å². The molecule has 7 heteroatoms. The van der Waals surface area contributed by atoms with Crippen molar-refractivity contribution in [2.24, 2.45) is 5.92 Å². The predicted molar refractivity (Wildman–Crippen MR) is 81.3 cm³/mol. The zero-order chi connectivity index (χ0) is 16.8. The number of urea groups is 1. The standard InChI is InChI=1S/C16H22F2N2O3/c1-11(21)12-6-8-20(9-7-12)16(22)19-10-13-4-2-3-5-14(13)23-15(17)18/h2-5,11-12,15,21H,6-10H2,1H3,(H,19,22). The van der Waals surface area contributed by atoms with Gasteiger partial charge in [-0.25, -0.2) is 4.79 Å². The summed E-state index contributed by atoms with van der Waals surface area (Å²) in [6.45, 7) is 0.150. The number of halogens is 2. The quantitative estimate of drug-likeness (QED) is 0.873. The van der Waals surface area contributed by atoms with Crippen molar-refractivity contribution in [1.82, 2.24) is 10.2 Å². The minimum atomic E-state index is -2.90. The third-order valence-electron chi connectivity index (χ3n) is 4.13. The Bertz CT molecular complexity index is 518. The summed E-state index contributed by atoms with van der Waals surface area (Å²) < 4.78 is 29.1. The number of likely N-dealkylation sites (tertiary alicyclic amines) is 1. The van der Waals surface area contributed by atoms with Gasteiger partial charge in [0.15, 0.2) is 0 Å². The number of aliphatic hydroxyl groups is 1. The number of hydrogen-bond donors (Lipinski definition) is 2. The Morgan fingerprint density at radius 1 is 1.39 bits per heavy atom. The van der Waals surface area contributed by atoms with E-state index in [9.17, 15) is 18.7 Å². The fourth-order valence-electron chi connectivity index (χ4n) is 2.73. The molecular formula is C16H22F2N2O3. The maximum Gasteiger partial charge on any atom is 0.387 e. The third-order valence-corrected chi connectivity index (χ3v) is 4.13. The Hall–Kier alpha value is -1.89. The zero-order valence-electron chi connectivity index (χ0n) is 13.0. The van der Waals surface area contributed by atoms with Crippen LogP contribution in [0.2, 0.25) is 0 Å². The van der Waals surface area contributed by atoms with Crippen molar-refractivity contribution in [2.75, 3.05) is 13.1 Å². The molecule has 0 radical (unpaired) electrons. The summed E-state index contributed by atoms with van der Waals surface area (Å²) >= 11 is 0. The molecule has 2 rings (SSSR count). The first-order valence-electron chi connectivity index (χ1n) is 7.71.